The normalized spacial score (nSPS) is 10.4. The second kappa shape index (κ2) is 3.89. The predicted octanol–water partition coefficient (Wildman–Crippen LogP) is 3.35. The van der Waals surface area contributed by atoms with E-state index in [2.05, 4.69) is 0 Å². The van der Waals surface area contributed by atoms with Crippen LogP contribution in [0.25, 0.3) is 11.3 Å². The van der Waals surface area contributed by atoms with Crippen LogP contribution in [0.2, 0.25) is 0 Å². The molecule has 82 valence electrons. The smallest absolute Gasteiger partial charge is 0.185 e. The lowest BCUT2D eigenvalue weighted by Gasteiger charge is -2.02. The van der Waals surface area contributed by atoms with Crippen LogP contribution in [-0.2, 0) is 0 Å². The molecule has 0 bridgehead atoms. The van der Waals surface area contributed by atoms with Crippen molar-refractivity contribution < 1.29 is 18.0 Å². The van der Waals surface area contributed by atoms with Crippen LogP contribution in [0.5, 0.6) is 0 Å². The van der Waals surface area contributed by atoms with Gasteiger partial charge >= 0.3 is 0 Å². The molecule has 0 fully saturated rings. The Hall–Kier alpha value is -1.97. The van der Waals surface area contributed by atoms with E-state index < -0.39 is 11.6 Å². The average Bonchev–Trinajstić information content (AvgIpc) is 2.74. The molecule has 0 amide bonds. The molecule has 1 aromatic heterocycles. The molecule has 0 unspecified atom stereocenters. The summed E-state index contributed by atoms with van der Waals surface area (Å²) in [6.07, 6.45) is 0.506. The SMILES string of the molecule is Cc1ccc(-c2ccc(C=O)o2)c(F)c1F. The van der Waals surface area contributed by atoms with Crippen molar-refractivity contribution in [2.45, 2.75) is 6.92 Å². The first-order valence-corrected chi connectivity index (χ1v) is 4.63. The highest BCUT2D eigenvalue weighted by Gasteiger charge is 2.15. The van der Waals surface area contributed by atoms with E-state index in [1.54, 1.807) is 0 Å². The summed E-state index contributed by atoms with van der Waals surface area (Å²) in [6, 6.07) is 5.70. The van der Waals surface area contributed by atoms with Crippen molar-refractivity contribution in [3.05, 3.63) is 47.2 Å². The monoisotopic (exact) mass is 222 g/mol. The molecule has 0 aliphatic carbocycles. The number of furan rings is 1. The number of benzene rings is 1. The Balaban J connectivity index is 2.56. The topological polar surface area (TPSA) is 30.2 Å². The zero-order valence-corrected chi connectivity index (χ0v) is 8.46. The van der Waals surface area contributed by atoms with Crippen molar-refractivity contribution in [1.82, 2.24) is 0 Å². The Labute approximate surface area is 90.5 Å². The highest BCUT2D eigenvalue weighted by atomic mass is 19.2. The lowest BCUT2D eigenvalue weighted by atomic mass is 10.1. The Morgan fingerprint density at radius 1 is 1.12 bits per heavy atom. The van der Waals surface area contributed by atoms with E-state index in [0.29, 0.717) is 6.29 Å². The summed E-state index contributed by atoms with van der Waals surface area (Å²) in [5, 5.41) is 0. The number of hydrogen-bond donors (Lipinski definition) is 0. The molecule has 2 nitrogen and oxygen atoms in total. The zero-order chi connectivity index (χ0) is 11.7. The largest absolute Gasteiger partial charge is 0.453 e. The lowest BCUT2D eigenvalue weighted by Crippen LogP contribution is -1.92. The number of aldehydes is 1. The molecule has 16 heavy (non-hydrogen) atoms. The predicted molar refractivity (Wildman–Crippen MR) is 54.2 cm³/mol. The van der Waals surface area contributed by atoms with Crippen molar-refractivity contribution in [3.8, 4) is 11.3 Å². The summed E-state index contributed by atoms with van der Waals surface area (Å²) >= 11 is 0. The van der Waals surface area contributed by atoms with Gasteiger partial charge in [-0.1, -0.05) is 6.07 Å². The quantitative estimate of drug-likeness (QED) is 0.729. The first-order valence-electron chi connectivity index (χ1n) is 4.63. The maximum Gasteiger partial charge on any atom is 0.185 e. The molecule has 4 heteroatoms. The van der Waals surface area contributed by atoms with Gasteiger partial charge in [0, 0.05) is 0 Å². The molecule has 0 radical (unpaired) electrons. The third kappa shape index (κ3) is 1.62. The third-order valence-corrected chi connectivity index (χ3v) is 2.28. The summed E-state index contributed by atoms with van der Waals surface area (Å²) in [5.41, 5.74) is 0.236. The minimum Gasteiger partial charge on any atom is -0.453 e. The Bertz CT molecular complexity index is 544. The van der Waals surface area contributed by atoms with Gasteiger partial charge in [0.1, 0.15) is 5.76 Å². The summed E-state index contributed by atoms with van der Waals surface area (Å²) in [5.74, 6) is -1.65. The van der Waals surface area contributed by atoms with Crippen molar-refractivity contribution in [1.29, 1.82) is 0 Å². The second-order valence-electron chi connectivity index (χ2n) is 3.38. The van der Waals surface area contributed by atoms with Gasteiger partial charge in [-0.2, -0.15) is 0 Å². The van der Waals surface area contributed by atoms with Gasteiger partial charge in [0.25, 0.3) is 0 Å². The fraction of sp³-hybridized carbons (Fsp3) is 0.0833. The van der Waals surface area contributed by atoms with Gasteiger partial charge in [-0.15, -0.1) is 0 Å². The average molecular weight is 222 g/mol. The molecule has 1 heterocycles. The van der Waals surface area contributed by atoms with Crippen molar-refractivity contribution in [2.75, 3.05) is 0 Å². The summed E-state index contributed by atoms with van der Waals surface area (Å²) in [7, 11) is 0. The van der Waals surface area contributed by atoms with Gasteiger partial charge in [0.2, 0.25) is 0 Å². The molecule has 0 saturated carbocycles. The second-order valence-corrected chi connectivity index (χ2v) is 3.38. The van der Waals surface area contributed by atoms with E-state index in [0.717, 1.165) is 0 Å². The minimum atomic E-state index is -0.966. The van der Waals surface area contributed by atoms with Gasteiger partial charge < -0.3 is 4.42 Å². The van der Waals surface area contributed by atoms with E-state index in [4.69, 9.17) is 4.42 Å². The maximum absolute atomic E-state index is 13.5. The Morgan fingerprint density at radius 3 is 2.50 bits per heavy atom. The van der Waals surface area contributed by atoms with Crippen LogP contribution in [0.3, 0.4) is 0 Å². The molecule has 0 saturated heterocycles. The minimum absolute atomic E-state index is 0.0104. The zero-order valence-electron chi connectivity index (χ0n) is 8.46. The standard InChI is InChI=1S/C12H8F2O2/c1-7-2-4-9(12(14)11(7)13)10-5-3-8(6-15)16-10/h2-6H,1H3. The summed E-state index contributed by atoms with van der Waals surface area (Å²) in [6.45, 7) is 1.47. The van der Waals surface area contributed by atoms with E-state index in [1.165, 1.54) is 31.2 Å². The molecular formula is C12H8F2O2. The van der Waals surface area contributed by atoms with Crippen molar-refractivity contribution in [2.24, 2.45) is 0 Å². The van der Waals surface area contributed by atoms with Gasteiger partial charge in [-0.25, -0.2) is 8.78 Å². The van der Waals surface area contributed by atoms with E-state index in [1.807, 2.05) is 0 Å². The van der Waals surface area contributed by atoms with Crippen LogP contribution in [0, 0.1) is 18.6 Å². The number of hydrogen-bond acceptors (Lipinski definition) is 2. The fourth-order valence-corrected chi connectivity index (χ4v) is 1.40. The third-order valence-electron chi connectivity index (χ3n) is 2.28. The van der Waals surface area contributed by atoms with Crippen LogP contribution < -0.4 is 0 Å². The van der Waals surface area contributed by atoms with Gasteiger partial charge in [-0.05, 0) is 30.7 Å². The molecule has 2 aromatic rings. The van der Waals surface area contributed by atoms with Crippen LogP contribution in [0.15, 0.2) is 28.7 Å². The van der Waals surface area contributed by atoms with Crippen LogP contribution in [0.1, 0.15) is 16.1 Å². The number of carbonyl (C=O) groups excluding carboxylic acids is 1. The van der Waals surface area contributed by atoms with Crippen LogP contribution >= 0.6 is 0 Å². The number of halogens is 2. The lowest BCUT2D eigenvalue weighted by molar-refractivity contribution is 0.110. The molecule has 2 rings (SSSR count). The maximum atomic E-state index is 13.5. The first kappa shape index (κ1) is 10.5. The molecule has 0 aliphatic rings. The molecule has 0 spiro atoms. The van der Waals surface area contributed by atoms with Gasteiger partial charge in [-0.3, -0.25) is 4.79 Å². The molecular weight excluding hydrogens is 214 g/mol. The summed E-state index contributed by atoms with van der Waals surface area (Å²) < 4.78 is 31.8. The first-order chi connectivity index (χ1) is 7.63. The van der Waals surface area contributed by atoms with Crippen LogP contribution in [-0.4, -0.2) is 6.29 Å². The molecule has 0 aliphatic heterocycles. The van der Waals surface area contributed by atoms with E-state index in [-0.39, 0.29) is 22.6 Å². The Kier molecular flexibility index (Phi) is 2.56. The highest BCUT2D eigenvalue weighted by molar-refractivity contribution is 5.73. The van der Waals surface area contributed by atoms with E-state index >= 15 is 0 Å². The highest BCUT2D eigenvalue weighted by Crippen LogP contribution is 2.27. The van der Waals surface area contributed by atoms with Crippen molar-refractivity contribution >= 4 is 6.29 Å². The molecule has 1 aromatic carbocycles. The van der Waals surface area contributed by atoms with Crippen LogP contribution in [0.4, 0.5) is 8.78 Å². The molecule has 0 N–H and O–H groups in total. The number of carbonyl (C=O) groups is 1. The van der Waals surface area contributed by atoms with Gasteiger partial charge in [0.15, 0.2) is 23.7 Å². The Morgan fingerprint density at radius 2 is 1.88 bits per heavy atom. The number of aryl methyl sites for hydroxylation is 1. The molecule has 0 atom stereocenters. The number of rotatable bonds is 2. The van der Waals surface area contributed by atoms with Gasteiger partial charge in [0.05, 0.1) is 5.56 Å². The van der Waals surface area contributed by atoms with Crippen molar-refractivity contribution in [3.63, 3.8) is 0 Å². The summed E-state index contributed by atoms with van der Waals surface area (Å²) in [4.78, 5) is 10.4. The van der Waals surface area contributed by atoms with E-state index in [9.17, 15) is 13.6 Å². The fourth-order valence-electron chi connectivity index (χ4n) is 1.40.